The first kappa shape index (κ1) is 8.78. The van der Waals surface area contributed by atoms with Gasteiger partial charge in [-0.15, -0.1) is 0 Å². The van der Waals surface area contributed by atoms with E-state index in [1.54, 1.807) is 12.3 Å². The molecule has 0 saturated carbocycles. The maximum Gasteiger partial charge on any atom is 0.102 e. The minimum atomic E-state index is -0.463. The standard InChI is InChI=1S/C10H14O3/c1-6-10-7(5-11)4-9(12)8(10)2-3-13-6/h2-4,6,8-12H,5H2,1H3/t6-,8-,9?,10+/m0/s1. The summed E-state index contributed by atoms with van der Waals surface area (Å²) >= 11 is 0. The third kappa shape index (κ3) is 1.28. The summed E-state index contributed by atoms with van der Waals surface area (Å²) in [6.07, 6.45) is 4.84. The van der Waals surface area contributed by atoms with Crippen LogP contribution in [0, 0.1) is 11.8 Å². The van der Waals surface area contributed by atoms with Crippen LogP contribution in [0.25, 0.3) is 0 Å². The third-order valence-corrected chi connectivity index (χ3v) is 2.90. The van der Waals surface area contributed by atoms with E-state index in [2.05, 4.69) is 0 Å². The molecular formula is C10H14O3. The molecule has 0 saturated heterocycles. The van der Waals surface area contributed by atoms with Gasteiger partial charge in [0, 0.05) is 11.8 Å². The van der Waals surface area contributed by atoms with Crippen molar-refractivity contribution in [1.29, 1.82) is 0 Å². The maximum atomic E-state index is 9.65. The lowest BCUT2D eigenvalue weighted by atomic mass is 9.85. The zero-order valence-electron chi connectivity index (χ0n) is 7.55. The number of hydrogen-bond donors (Lipinski definition) is 2. The number of ether oxygens (including phenoxy) is 1. The van der Waals surface area contributed by atoms with Crippen LogP contribution < -0.4 is 0 Å². The second kappa shape index (κ2) is 3.16. The Bertz CT molecular complexity index is 257. The van der Waals surface area contributed by atoms with Crippen molar-refractivity contribution in [2.45, 2.75) is 19.1 Å². The summed E-state index contributed by atoms with van der Waals surface area (Å²) in [5.74, 6) is 0.232. The first-order valence-corrected chi connectivity index (χ1v) is 4.55. The predicted molar refractivity (Wildman–Crippen MR) is 47.8 cm³/mol. The van der Waals surface area contributed by atoms with Crippen molar-refractivity contribution in [3.63, 3.8) is 0 Å². The van der Waals surface area contributed by atoms with Crippen molar-refractivity contribution in [3.05, 3.63) is 24.0 Å². The fourth-order valence-electron chi connectivity index (χ4n) is 2.25. The summed E-state index contributed by atoms with van der Waals surface area (Å²) in [6.45, 7) is 1.97. The number of fused-ring (bicyclic) bond motifs is 1. The van der Waals surface area contributed by atoms with E-state index in [0.29, 0.717) is 0 Å². The first-order valence-electron chi connectivity index (χ1n) is 4.55. The molecule has 0 aromatic heterocycles. The molecule has 1 aliphatic heterocycles. The van der Waals surface area contributed by atoms with Gasteiger partial charge in [-0.1, -0.05) is 6.08 Å². The van der Waals surface area contributed by atoms with Gasteiger partial charge in [-0.3, -0.25) is 0 Å². The van der Waals surface area contributed by atoms with E-state index in [-0.39, 0.29) is 24.5 Å². The lowest BCUT2D eigenvalue weighted by Crippen LogP contribution is -2.32. The van der Waals surface area contributed by atoms with Crippen LogP contribution >= 0.6 is 0 Å². The van der Waals surface area contributed by atoms with Crippen LogP contribution in [0.3, 0.4) is 0 Å². The minimum Gasteiger partial charge on any atom is -0.498 e. The summed E-state index contributed by atoms with van der Waals surface area (Å²) in [7, 11) is 0. The highest BCUT2D eigenvalue weighted by Gasteiger charge is 2.40. The molecule has 2 N–H and O–H groups in total. The Labute approximate surface area is 77.3 Å². The summed E-state index contributed by atoms with van der Waals surface area (Å²) < 4.78 is 5.33. The summed E-state index contributed by atoms with van der Waals surface area (Å²) in [6, 6.07) is 0. The van der Waals surface area contributed by atoms with E-state index in [4.69, 9.17) is 9.84 Å². The molecule has 0 radical (unpaired) electrons. The van der Waals surface area contributed by atoms with Gasteiger partial charge in [-0.25, -0.2) is 0 Å². The Morgan fingerprint density at radius 2 is 2.31 bits per heavy atom. The molecule has 0 aromatic rings. The second-order valence-electron chi connectivity index (χ2n) is 3.66. The Kier molecular flexibility index (Phi) is 2.14. The van der Waals surface area contributed by atoms with Gasteiger partial charge in [-0.05, 0) is 18.6 Å². The molecule has 3 nitrogen and oxygen atoms in total. The molecule has 1 aliphatic carbocycles. The largest absolute Gasteiger partial charge is 0.498 e. The van der Waals surface area contributed by atoms with Gasteiger partial charge in [0.25, 0.3) is 0 Å². The van der Waals surface area contributed by atoms with Gasteiger partial charge >= 0.3 is 0 Å². The van der Waals surface area contributed by atoms with E-state index in [9.17, 15) is 5.11 Å². The normalized spacial score (nSPS) is 42.5. The molecule has 0 bridgehead atoms. The van der Waals surface area contributed by atoms with Crippen molar-refractivity contribution < 1.29 is 14.9 Å². The molecule has 13 heavy (non-hydrogen) atoms. The van der Waals surface area contributed by atoms with E-state index in [1.165, 1.54) is 0 Å². The van der Waals surface area contributed by atoms with Crippen LogP contribution in [-0.2, 0) is 4.74 Å². The van der Waals surface area contributed by atoms with Crippen LogP contribution in [0.5, 0.6) is 0 Å². The Hall–Kier alpha value is -0.800. The number of hydrogen-bond acceptors (Lipinski definition) is 3. The molecular weight excluding hydrogens is 168 g/mol. The molecule has 0 aromatic carbocycles. The average Bonchev–Trinajstić information content (AvgIpc) is 2.45. The summed E-state index contributed by atoms with van der Waals surface area (Å²) in [4.78, 5) is 0. The van der Waals surface area contributed by atoms with Gasteiger partial charge < -0.3 is 14.9 Å². The van der Waals surface area contributed by atoms with Crippen LogP contribution in [0.15, 0.2) is 24.0 Å². The van der Waals surface area contributed by atoms with Gasteiger partial charge in [0.1, 0.15) is 6.10 Å². The van der Waals surface area contributed by atoms with E-state index >= 15 is 0 Å². The molecule has 0 amide bonds. The first-order chi connectivity index (χ1) is 6.24. The minimum absolute atomic E-state index is 0.0137. The Morgan fingerprint density at radius 1 is 1.54 bits per heavy atom. The highest BCUT2D eigenvalue weighted by molar-refractivity contribution is 5.25. The maximum absolute atomic E-state index is 9.65. The quantitative estimate of drug-likeness (QED) is 0.579. The van der Waals surface area contributed by atoms with Crippen molar-refractivity contribution in [2.75, 3.05) is 6.61 Å². The smallest absolute Gasteiger partial charge is 0.102 e. The molecule has 1 heterocycles. The topological polar surface area (TPSA) is 49.7 Å². The lowest BCUT2D eigenvalue weighted by Gasteiger charge is -2.30. The zero-order valence-corrected chi connectivity index (χ0v) is 7.55. The van der Waals surface area contributed by atoms with Gasteiger partial charge in [0.05, 0.1) is 19.0 Å². The lowest BCUT2D eigenvalue weighted by molar-refractivity contribution is 0.0495. The molecule has 2 aliphatic rings. The van der Waals surface area contributed by atoms with E-state index in [1.807, 2.05) is 13.0 Å². The van der Waals surface area contributed by atoms with Crippen LogP contribution in [0.4, 0.5) is 0 Å². The molecule has 3 heteroatoms. The predicted octanol–water partition coefficient (Wildman–Crippen LogP) is 0.444. The number of aliphatic hydroxyl groups is 2. The zero-order chi connectivity index (χ0) is 9.42. The van der Waals surface area contributed by atoms with Gasteiger partial charge in [-0.2, -0.15) is 0 Å². The van der Waals surface area contributed by atoms with Crippen LogP contribution in [0.1, 0.15) is 6.92 Å². The van der Waals surface area contributed by atoms with E-state index < -0.39 is 6.10 Å². The fraction of sp³-hybridized carbons (Fsp3) is 0.600. The highest BCUT2D eigenvalue weighted by Crippen LogP contribution is 2.38. The van der Waals surface area contributed by atoms with Crippen LogP contribution in [0.2, 0.25) is 0 Å². The van der Waals surface area contributed by atoms with Gasteiger partial charge in [0.2, 0.25) is 0 Å². The highest BCUT2D eigenvalue weighted by atomic mass is 16.5. The molecule has 1 unspecified atom stereocenters. The monoisotopic (exact) mass is 182 g/mol. The molecule has 0 spiro atoms. The SMILES string of the molecule is C[C@@H]1OC=C[C@H]2C(O)C=C(CO)[C@@H]12. The Balaban J connectivity index is 2.27. The van der Waals surface area contributed by atoms with E-state index in [0.717, 1.165) is 5.57 Å². The van der Waals surface area contributed by atoms with Crippen molar-refractivity contribution in [3.8, 4) is 0 Å². The van der Waals surface area contributed by atoms with Crippen molar-refractivity contribution in [1.82, 2.24) is 0 Å². The summed E-state index contributed by atoms with van der Waals surface area (Å²) in [5.41, 5.74) is 0.898. The van der Waals surface area contributed by atoms with Gasteiger partial charge in [0.15, 0.2) is 0 Å². The number of rotatable bonds is 1. The third-order valence-electron chi connectivity index (χ3n) is 2.90. The molecule has 72 valence electrons. The molecule has 2 rings (SSSR count). The summed E-state index contributed by atoms with van der Waals surface area (Å²) in [5, 5.41) is 18.7. The average molecular weight is 182 g/mol. The Morgan fingerprint density at radius 3 is 3.00 bits per heavy atom. The second-order valence-corrected chi connectivity index (χ2v) is 3.66. The fourth-order valence-corrected chi connectivity index (χ4v) is 2.25. The number of aliphatic hydroxyl groups excluding tert-OH is 2. The van der Waals surface area contributed by atoms with Crippen molar-refractivity contribution in [2.24, 2.45) is 11.8 Å². The van der Waals surface area contributed by atoms with Crippen molar-refractivity contribution >= 4 is 0 Å². The molecule has 4 atom stereocenters. The van der Waals surface area contributed by atoms with Crippen LogP contribution in [-0.4, -0.2) is 29.0 Å². The molecule has 0 fully saturated rings.